The SMILES string of the molecule is c1cnn(-c2ccc(Cc3cnc(N4CCc5ccc(N6CCOCC6)cc5C4)s3)cc2)c1. The van der Waals surface area contributed by atoms with Crippen LogP contribution in [0, 0.1) is 0 Å². The number of benzene rings is 2. The van der Waals surface area contributed by atoms with Gasteiger partial charge in [0.15, 0.2) is 5.13 Å². The van der Waals surface area contributed by atoms with Gasteiger partial charge in [-0.2, -0.15) is 5.10 Å². The smallest absolute Gasteiger partial charge is 0.185 e. The molecule has 0 saturated carbocycles. The molecule has 0 radical (unpaired) electrons. The average Bonchev–Trinajstić information content (AvgIpc) is 3.57. The van der Waals surface area contributed by atoms with Crippen molar-refractivity contribution in [3.8, 4) is 5.69 Å². The summed E-state index contributed by atoms with van der Waals surface area (Å²) in [4.78, 5) is 10.9. The largest absolute Gasteiger partial charge is 0.378 e. The number of nitrogens with zero attached hydrogens (tertiary/aromatic N) is 5. The van der Waals surface area contributed by atoms with E-state index in [1.165, 1.54) is 27.3 Å². The first-order valence-electron chi connectivity index (χ1n) is 11.5. The first kappa shape index (κ1) is 20.4. The van der Waals surface area contributed by atoms with Crippen LogP contribution in [0.1, 0.15) is 21.6 Å². The summed E-state index contributed by atoms with van der Waals surface area (Å²) in [6, 6.07) is 17.5. The topological polar surface area (TPSA) is 46.4 Å². The van der Waals surface area contributed by atoms with Crippen molar-refractivity contribution >= 4 is 22.2 Å². The Labute approximate surface area is 198 Å². The monoisotopic (exact) mass is 457 g/mol. The van der Waals surface area contributed by atoms with Crippen molar-refractivity contribution in [2.24, 2.45) is 0 Å². The number of morpholine rings is 1. The minimum Gasteiger partial charge on any atom is -0.378 e. The van der Waals surface area contributed by atoms with Gasteiger partial charge in [-0.25, -0.2) is 9.67 Å². The molecule has 2 aromatic carbocycles. The minimum atomic E-state index is 0.817. The quantitative estimate of drug-likeness (QED) is 0.447. The van der Waals surface area contributed by atoms with Crippen LogP contribution in [0.15, 0.2) is 67.1 Å². The molecule has 4 heterocycles. The number of hydrogen-bond donors (Lipinski definition) is 0. The normalized spacial score (nSPS) is 16.1. The molecule has 2 aliphatic rings. The Morgan fingerprint density at radius 1 is 0.909 bits per heavy atom. The Balaban J connectivity index is 1.14. The summed E-state index contributed by atoms with van der Waals surface area (Å²) >= 11 is 1.81. The Morgan fingerprint density at radius 2 is 1.76 bits per heavy atom. The lowest BCUT2D eigenvalue weighted by Gasteiger charge is -2.32. The molecule has 7 heteroatoms. The van der Waals surface area contributed by atoms with Crippen molar-refractivity contribution in [3.05, 3.63) is 88.7 Å². The van der Waals surface area contributed by atoms with Crippen molar-refractivity contribution in [2.75, 3.05) is 42.6 Å². The molecule has 0 aliphatic carbocycles. The molecule has 0 amide bonds. The Morgan fingerprint density at radius 3 is 2.58 bits per heavy atom. The van der Waals surface area contributed by atoms with Gasteiger partial charge in [-0.05, 0) is 53.4 Å². The lowest BCUT2D eigenvalue weighted by Crippen LogP contribution is -2.36. The van der Waals surface area contributed by atoms with Gasteiger partial charge >= 0.3 is 0 Å². The lowest BCUT2D eigenvalue weighted by molar-refractivity contribution is 0.122. The van der Waals surface area contributed by atoms with E-state index in [0.717, 1.165) is 63.1 Å². The number of ether oxygens (including phenoxy) is 1. The number of rotatable bonds is 5. The van der Waals surface area contributed by atoms with Crippen LogP contribution >= 0.6 is 11.3 Å². The number of fused-ring (bicyclic) bond motifs is 1. The van der Waals surface area contributed by atoms with E-state index >= 15 is 0 Å². The minimum absolute atomic E-state index is 0.817. The maximum Gasteiger partial charge on any atom is 0.185 e. The van der Waals surface area contributed by atoms with Crippen LogP contribution in [0.4, 0.5) is 10.8 Å². The zero-order chi connectivity index (χ0) is 22.0. The maximum atomic E-state index is 5.52. The third-order valence-corrected chi connectivity index (χ3v) is 7.53. The van der Waals surface area contributed by atoms with Crippen LogP contribution in [0.5, 0.6) is 0 Å². The van der Waals surface area contributed by atoms with Crippen molar-refractivity contribution in [1.29, 1.82) is 0 Å². The fourth-order valence-corrected chi connectivity index (χ4v) is 5.61. The fraction of sp³-hybridized carbons (Fsp3) is 0.308. The molecule has 0 atom stereocenters. The third-order valence-electron chi connectivity index (χ3n) is 6.47. The predicted octanol–water partition coefficient (Wildman–Crippen LogP) is 4.32. The van der Waals surface area contributed by atoms with Crippen LogP contribution in [0.2, 0.25) is 0 Å². The number of thiazole rings is 1. The van der Waals surface area contributed by atoms with Gasteiger partial charge in [0, 0.05) is 61.8 Å². The van der Waals surface area contributed by atoms with Gasteiger partial charge in [0.2, 0.25) is 0 Å². The number of hydrogen-bond acceptors (Lipinski definition) is 6. The molecule has 6 rings (SSSR count). The van der Waals surface area contributed by atoms with E-state index in [-0.39, 0.29) is 0 Å². The van der Waals surface area contributed by atoms with Gasteiger partial charge in [0.05, 0.1) is 18.9 Å². The first-order valence-corrected chi connectivity index (χ1v) is 12.4. The molecule has 168 valence electrons. The molecule has 1 saturated heterocycles. The van der Waals surface area contributed by atoms with Gasteiger partial charge in [-0.1, -0.05) is 18.2 Å². The molecule has 0 N–H and O–H groups in total. The molecule has 2 aliphatic heterocycles. The predicted molar refractivity (Wildman–Crippen MR) is 133 cm³/mol. The fourth-order valence-electron chi connectivity index (χ4n) is 4.64. The van der Waals surface area contributed by atoms with Crippen LogP contribution < -0.4 is 9.80 Å². The molecule has 1 fully saturated rings. The van der Waals surface area contributed by atoms with Crippen molar-refractivity contribution in [1.82, 2.24) is 14.8 Å². The summed E-state index contributed by atoms with van der Waals surface area (Å²) in [6.45, 7) is 5.53. The molecule has 0 unspecified atom stereocenters. The average molecular weight is 458 g/mol. The third kappa shape index (κ3) is 4.38. The summed E-state index contributed by atoms with van der Waals surface area (Å²) < 4.78 is 7.40. The highest BCUT2D eigenvalue weighted by Crippen LogP contribution is 2.31. The van der Waals surface area contributed by atoms with Crippen LogP contribution in [0.3, 0.4) is 0 Å². The number of aromatic nitrogens is 3. The summed E-state index contributed by atoms with van der Waals surface area (Å²) in [7, 11) is 0. The van der Waals surface area contributed by atoms with Crippen LogP contribution in [-0.4, -0.2) is 47.6 Å². The van der Waals surface area contributed by atoms with Crippen molar-refractivity contribution in [2.45, 2.75) is 19.4 Å². The molecule has 6 nitrogen and oxygen atoms in total. The van der Waals surface area contributed by atoms with Gasteiger partial charge in [0.25, 0.3) is 0 Å². The molecule has 33 heavy (non-hydrogen) atoms. The van der Waals surface area contributed by atoms with E-state index < -0.39 is 0 Å². The van der Waals surface area contributed by atoms with Gasteiger partial charge in [-0.15, -0.1) is 11.3 Å². The van der Waals surface area contributed by atoms with E-state index in [1.807, 2.05) is 34.5 Å². The van der Waals surface area contributed by atoms with Gasteiger partial charge < -0.3 is 14.5 Å². The molecule has 2 aromatic heterocycles. The Bertz CT molecular complexity index is 1210. The second-order valence-electron chi connectivity index (χ2n) is 8.63. The molecule has 0 bridgehead atoms. The summed E-state index contributed by atoms with van der Waals surface area (Å²) in [5, 5.41) is 5.42. The van der Waals surface area contributed by atoms with Gasteiger partial charge in [0.1, 0.15) is 0 Å². The zero-order valence-corrected chi connectivity index (χ0v) is 19.4. The summed E-state index contributed by atoms with van der Waals surface area (Å²) in [6.07, 6.45) is 7.78. The molecule has 0 spiro atoms. The maximum absolute atomic E-state index is 5.52. The van der Waals surface area contributed by atoms with E-state index in [0.29, 0.717) is 0 Å². The summed E-state index contributed by atoms with van der Waals surface area (Å²) in [5.41, 5.74) is 6.59. The lowest BCUT2D eigenvalue weighted by atomic mass is 9.99. The van der Waals surface area contributed by atoms with Crippen molar-refractivity contribution < 1.29 is 4.74 Å². The van der Waals surface area contributed by atoms with E-state index in [2.05, 4.69) is 57.4 Å². The molecular formula is C26H27N5OS. The van der Waals surface area contributed by atoms with Crippen LogP contribution in [0.25, 0.3) is 5.69 Å². The zero-order valence-electron chi connectivity index (χ0n) is 18.6. The Hall–Kier alpha value is -3.16. The second kappa shape index (κ2) is 9.00. The highest BCUT2D eigenvalue weighted by Gasteiger charge is 2.21. The highest BCUT2D eigenvalue weighted by atomic mass is 32.1. The summed E-state index contributed by atoms with van der Waals surface area (Å²) in [5.74, 6) is 0. The standard InChI is InChI=1S/C26H27N5OS/c1-9-28-31(10-1)23-5-2-20(3-6-23)16-25-18-27-26(33-25)30-11-8-21-4-7-24(17-22(21)19-30)29-12-14-32-15-13-29/h1-7,9-10,17-18H,8,11-16,19H2. The first-order chi connectivity index (χ1) is 16.3. The molecular weight excluding hydrogens is 430 g/mol. The Kier molecular flexibility index (Phi) is 5.58. The molecule has 4 aromatic rings. The number of anilines is 2. The van der Waals surface area contributed by atoms with E-state index in [4.69, 9.17) is 9.72 Å². The highest BCUT2D eigenvalue weighted by molar-refractivity contribution is 7.15. The van der Waals surface area contributed by atoms with Crippen molar-refractivity contribution in [3.63, 3.8) is 0 Å². The van der Waals surface area contributed by atoms with Gasteiger partial charge in [-0.3, -0.25) is 0 Å². The van der Waals surface area contributed by atoms with E-state index in [9.17, 15) is 0 Å². The van der Waals surface area contributed by atoms with Crippen LogP contribution in [-0.2, 0) is 24.1 Å². The van der Waals surface area contributed by atoms with E-state index in [1.54, 1.807) is 6.20 Å². The second-order valence-corrected chi connectivity index (χ2v) is 9.72.